The predicted octanol–water partition coefficient (Wildman–Crippen LogP) is 3.60. The van der Waals surface area contributed by atoms with Crippen molar-refractivity contribution in [1.29, 1.82) is 0 Å². The zero-order valence-corrected chi connectivity index (χ0v) is 16.1. The van der Waals surface area contributed by atoms with Crippen molar-refractivity contribution in [2.75, 3.05) is 5.32 Å². The van der Waals surface area contributed by atoms with Crippen LogP contribution in [0.1, 0.15) is 17.7 Å². The molecule has 6 nitrogen and oxygen atoms in total. The maximum absolute atomic E-state index is 13.0. The standard InChI is InChI=1S/C21H17F4N3O3/c1-10-4-17(20(30,31)21(23,24)25)26-9-15(10)12-3-2-11-6-18(27-8-13(11)5-12)28-19(29)14-7-16(14)22/h2-6,8-9,14,16,30-31H,7H2,1H3,(H,27,28,29)/t14-,16+/m1/s1. The van der Waals surface area contributed by atoms with E-state index >= 15 is 0 Å². The Hall–Kier alpha value is -3.11. The van der Waals surface area contributed by atoms with Crippen LogP contribution in [0.15, 0.2) is 42.7 Å². The number of benzene rings is 1. The van der Waals surface area contributed by atoms with Gasteiger partial charge in [0.15, 0.2) is 0 Å². The first-order chi connectivity index (χ1) is 14.5. The Morgan fingerprint density at radius 3 is 2.42 bits per heavy atom. The van der Waals surface area contributed by atoms with E-state index in [4.69, 9.17) is 0 Å². The second-order valence-corrected chi connectivity index (χ2v) is 7.53. The smallest absolute Gasteiger partial charge is 0.354 e. The fourth-order valence-corrected chi connectivity index (χ4v) is 3.23. The summed E-state index contributed by atoms with van der Waals surface area (Å²) in [5, 5.41) is 22.8. The van der Waals surface area contributed by atoms with Gasteiger partial charge < -0.3 is 15.5 Å². The van der Waals surface area contributed by atoms with Crippen LogP contribution in [0.5, 0.6) is 0 Å². The number of fused-ring (bicyclic) bond motifs is 1. The third kappa shape index (κ3) is 3.96. The number of nitrogens with one attached hydrogen (secondary N) is 1. The van der Waals surface area contributed by atoms with Crippen molar-refractivity contribution < 1.29 is 32.6 Å². The molecule has 31 heavy (non-hydrogen) atoms. The molecule has 3 aromatic rings. The molecule has 2 aromatic heterocycles. The summed E-state index contributed by atoms with van der Waals surface area (Å²) in [7, 11) is 0. The Kier molecular flexibility index (Phi) is 4.94. The molecule has 1 saturated carbocycles. The third-order valence-corrected chi connectivity index (χ3v) is 5.20. The van der Waals surface area contributed by atoms with Crippen molar-refractivity contribution in [2.24, 2.45) is 5.92 Å². The van der Waals surface area contributed by atoms with Crippen molar-refractivity contribution >= 4 is 22.5 Å². The van der Waals surface area contributed by atoms with E-state index in [-0.39, 0.29) is 6.42 Å². The maximum atomic E-state index is 13.0. The number of amides is 1. The Morgan fingerprint density at radius 2 is 1.81 bits per heavy atom. The molecule has 2 heterocycles. The lowest BCUT2D eigenvalue weighted by molar-refractivity contribution is -0.359. The van der Waals surface area contributed by atoms with Gasteiger partial charge in [-0.2, -0.15) is 13.2 Å². The van der Waals surface area contributed by atoms with E-state index in [9.17, 15) is 32.6 Å². The fourth-order valence-electron chi connectivity index (χ4n) is 3.23. The number of carbonyl (C=O) groups excluding carboxylic acids is 1. The number of hydrogen-bond donors (Lipinski definition) is 3. The molecule has 0 radical (unpaired) electrons. The lowest BCUT2D eigenvalue weighted by Gasteiger charge is -2.24. The van der Waals surface area contributed by atoms with Crippen LogP contribution in [0.25, 0.3) is 21.9 Å². The number of alkyl halides is 4. The van der Waals surface area contributed by atoms with Crippen molar-refractivity contribution in [2.45, 2.75) is 31.5 Å². The van der Waals surface area contributed by atoms with Crippen LogP contribution in [0, 0.1) is 12.8 Å². The van der Waals surface area contributed by atoms with Gasteiger partial charge in [-0.05, 0) is 48.1 Å². The lowest BCUT2D eigenvalue weighted by atomic mass is 9.98. The molecular formula is C21H17F4N3O3. The highest BCUT2D eigenvalue weighted by atomic mass is 19.4. The van der Waals surface area contributed by atoms with Gasteiger partial charge in [0, 0.05) is 23.3 Å². The average molecular weight is 435 g/mol. The maximum Gasteiger partial charge on any atom is 0.449 e. The van der Waals surface area contributed by atoms with Crippen molar-refractivity contribution in [1.82, 2.24) is 9.97 Å². The van der Waals surface area contributed by atoms with Crippen LogP contribution in [-0.4, -0.2) is 38.4 Å². The van der Waals surface area contributed by atoms with Gasteiger partial charge in [0.2, 0.25) is 5.91 Å². The second-order valence-electron chi connectivity index (χ2n) is 7.53. The summed E-state index contributed by atoms with van der Waals surface area (Å²) in [6.45, 7) is 1.53. The molecule has 0 saturated heterocycles. The minimum Gasteiger partial charge on any atom is -0.354 e. The molecule has 2 atom stereocenters. The summed E-state index contributed by atoms with van der Waals surface area (Å²) in [5.41, 5.74) is 0.580. The second kappa shape index (κ2) is 7.24. The predicted molar refractivity (Wildman–Crippen MR) is 104 cm³/mol. The summed E-state index contributed by atoms with van der Waals surface area (Å²) in [6, 6.07) is 7.80. The van der Waals surface area contributed by atoms with Gasteiger partial charge >= 0.3 is 12.0 Å². The fraction of sp³-hybridized carbons (Fsp3) is 0.286. The summed E-state index contributed by atoms with van der Waals surface area (Å²) in [6.07, 6.45) is -3.53. The molecule has 0 bridgehead atoms. The van der Waals surface area contributed by atoms with E-state index in [0.717, 1.165) is 17.6 Å². The zero-order chi connectivity index (χ0) is 22.6. The quantitative estimate of drug-likeness (QED) is 0.430. The molecule has 1 amide bonds. The minimum absolute atomic E-state index is 0.214. The number of anilines is 1. The molecular weight excluding hydrogens is 418 g/mol. The Morgan fingerprint density at radius 1 is 1.10 bits per heavy atom. The number of aliphatic hydroxyl groups is 2. The molecule has 1 fully saturated rings. The van der Waals surface area contributed by atoms with Gasteiger partial charge in [-0.1, -0.05) is 12.1 Å². The molecule has 3 N–H and O–H groups in total. The summed E-state index contributed by atoms with van der Waals surface area (Å²) in [5.74, 6) is -4.80. The highest BCUT2D eigenvalue weighted by Gasteiger charge is 2.55. The summed E-state index contributed by atoms with van der Waals surface area (Å²) >= 11 is 0. The van der Waals surface area contributed by atoms with E-state index in [1.165, 1.54) is 13.1 Å². The first-order valence-electron chi connectivity index (χ1n) is 9.31. The summed E-state index contributed by atoms with van der Waals surface area (Å²) in [4.78, 5) is 19.6. The number of aryl methyl sites for hydroxylation is 1. The van der Waals surface area contributed by atoms with Gasteiger partial charge in [0.25, 0.3) is 0 Å². The molecule has 0 unspecified atom stereocenters. The Bertz CT molecular complexity index is 1180. The number of nitrogens with zero attached hydrogens (tertiary/aromatic N) is 2. The van der Waals surface area contributed by atoms with Gasteiger partial charge in [-0.25, -0.2) is 9.37 Å². The number of aromatic nitrogens is 2. The average Bonchev–Trinajstić information content (AvgIpc) is 3.43. The van der Waals surface area contributed by atoms with Crippen LogP contribution in [0.4, 0.5) is 23.4 Å². The van der Waals surface area contributed by atoms with Gasteiger partial charge in [0.1, 0.15) is 17.7 Å². The van der Waals surface area contributed by atoms with Crippen molar-refractivity contribution in [3.05, 3.63) is 54.0 Å². The normalized spacial score (nSPS) is 18.8. The van der Waals surface area contributed by atoms with E-state index in [0.29, 0.717) is 27.9 Å². The molecule has 0 spiro atoms. The van der Waals surface area contributed by atoms with Gasteiger partial charge in [0.05, 0.1) is 5.92 Å². The van der Waals surface area contributed by atoms with Crippen LogP contribution in [0.3, 0.4) is 0 Å². The highest BCUT2D eigenvalue weighted by Crippen LogP contribution is 2.37. The first-order valence-corrected chi connectivity index (χ1v) is 9.31. The Balaban J connectivity index is 1.61. The molecule has 4 rings (SSSR count). The SMILES string of the molecule is Cc1cc(C(O)(O)C(F)(F)F)ncc1-c1ccc2cc(NC(=O)[C@@H]3C[C@@H]3F)ncc2c1. The van der Waals surface area contributed by atoms with Crippen LogP contribution < -0.4 is 5.32 Å². The number of carbonyl (C=O) groups is 1. The van der Waals surface area contributed by atoms with Crippen LogP contribution in [0.2, 0.25) is 0 Å². The molecule has 0 aliphatic heterocycles. The van der Waals surface area contributed by atoms with Gasteiger partial charge in [-0.3, -0.25) is 9.78 Å². The number of hydrogen-bond acceptors (Lipinski definition) is 5. The lowest BCUT2D eigenvalue weighted by Crippen LogP contribution is -2.42. The number of pyridine rings is 2. The zero-order valence-electron chi connectivity index (χ0n) is 16.1. The molecule has 1 aliphatic carbocycles. The third-order valence-electron chi connectivity index (χ3n) is 5.20. The van der Waals surface area contributed by atoms with E-state index in [2.05, 4.69) is 15.3 Å². The topological polar surface area (TPSA) is 95.3 Å². The van der Waals surface area contributed by atoms with E-state index in [1.807, 2.05) is 0 Å². The van der Waals surface area contributed by atoms with E-state index < -0.39 is 35.7 Å². The summed E-state index contributed by atoms with van der Waals surface area (Å²) < 4.78 is 51.5. The number of halogens is 4. The first kappa shape index (κ1) is 21.1. The molecule has 10 heteroatoms. The van der Waals surface area contributed by atoms with Crippen molar-refractivity contribution in [3.8, 4) is 11.1 Å². The van der Waals surface area contributed by atoms with Crippen LogP contribution >= 0.6 is 0 Å². The minimum atomic E-state index is -5.29. The van der Waals surface area contributed by atoms with Crippen LogP contribution in [-0.2, 0) is 10.6 Å². The largest absolute Gasteiger partial charge is 0.449 e. The molecule has 1 aliphatic rings. The number of rotatable bonds is 4. The molecule has 1 aromatic carbocycles. The molecule has 162 valence electrons. The van der Waals surface area contributed by atoms with E-state index in [1.54, 1.807) is 24.3 Å². The van der Waals surface area contributed by atoms with Crippen molar-refractivity contribution in [3.63, 3.8) is 0 Å². The van der Waals surface area contributed by atoms with Gasteiger partial charge in [-0.15, -0.1) is 0 Å². The Labute approximate surface area is 173 Å². The highest BCUT2D eigenvalue weighted by molar-refractivity contribution is 5.96. The monoisotopic (exact) mass is 435 g/mol.